The minimum absolute atomic E-state index is 0.908. The second kappa shape index (κ2) is 12.4. The van der Waals surface area contributed by atoms with Crippen molar-refractivity contribution in [3.05, 3.63) is 12.7 Å². The summed E-state index contributed by atoms with van der Waals surface area (Å²) in [6, 6.07) is 0. The molecule has 0 aliphatic heterocycles. The molecular formula is C12H25N3S. The number of nitrogens with zero attached hydrogens (tertiary/aromatic N) is 1. The van der Waals surface area contributed by atoms with Crippen LogP contribution in [0.15, 0.2) is 17.6 Å². The quantitative estimate of drug-likeness (QED) is 0.282. The van der Waals surface area contributed by atoms with Crippen LogP contribution in [-0.4, -0.2) is 37.1 Å². The van der Waals surface area contributed by atoms with Gasteiger partial charge in [0.25, 0.3) is 0 Å². The molecule has 0 rings (SSSR count). The van der Waals surface area contributed by atoms with Gasteiger partial charge in [-0.25, -0.2) is 0 Å². The Morgan fingerprint density at radius 3 is 2.81 bits per heavy atom. The average Bonchev–Trinajstić information content (AvgIpc) is 2.29. The minimum Gasteiger partial charge on any atom is -0.357 e. The normalized spacial score (nSPS) is 11.2. The zero-order valence-electron chi connectivity index (χ0n) is 10.6. The number of hydrogen-bond acceptors (Lipinski definition) is 2. The molecule has 0 aromatic rings. The van der Waals surface area contributed by atoms with Crippen molar-refractivity contribution < 1.29 is 0 Å². The highest BCUT2D eigenvalue weighted by atomic mass is 32.2. The SMILES string of the molecule is C=CCSCCNC(=NCCCC)NCC. The van der Waals surface area contributed by atoms with Crippen LogP contribution in [0.1, 0.15) is 26.7 Å². The molecule has 0 heterocycles. The number of thioether (sulfide) groups is 1. The molecule has 0 saturated carbocycles. The summed E-state index contributed by atoms with van der Waals surface area (Å²) in [5, 5.41) is 6.56. The summed E-state index contributed by atoms with van der Waals surface area (Å²) < 4.78 is 0. The van der Waals surface area contributed by atoms with Crippen molar-refractivity contribution in [1.82, 2.24) is 10.6 Å². The molecule has 0 radical (unpaired) electrons. The monoisotopic (exact) mass is 243 g/mol. The Balaban J connectivity index is 3.66. The van der Waals surface area contributed by atoms with E-state index < -0.39 is 0 Å². The third-order valence-electron chi connectivity index (χ3n) is 1.90. The lowest BCUT2D eigenvalue weighted by Crippen LogP contribution is -2.38. The van der Waals surface area contributed by atoms with Gasteiger partial charge in [-0.1, -0.05) is 19.4 Å². The molecule has 4 heteroatoms. The van der Waals surface area contributed by atoms with E-state index in [1.165, 1.54) is 6.42 Å². The van der Waals surface area contributed by atoms with Crippen molar-refractivity contribution in [1.29, 1.82) is 0 Å². The van der Waals surface area contributed by atoms with Gasteiger partial charge in [-0.05, 0) is 13.3 Å². The maximum absolute atomic E-state index is 4.49. The number of guanidine groups is 1. The number of unbranched alkanes of at least 4 members (excludes halogenated alkanes) is 1. The van der Waals surface area contributed by atoms with Crippen molar-refractivity contribution in [2.24, 2.45) is 4.99 Å². The Morgan fingerprint density at radius 1 is 1.38 bits per heavy atom. The van der Waals surface area contributed by atoms with Gasteiger partial charge in [0.1, 0.15) is 0 Å². The smallest absolute Gasteiger partial charge is 0.191 e. The molecule has 3 nitrogen and oxygen atoms in total. The Kier molecular flexibility index (Phi) is 11.9. The maximum atomic E-state index is 4.49. The summed E-state index contributed by atoms with van der Waals surface area (Å²) in [6.07, 6.45) is 4.28. The highest BCUT2D eigenvalue weighted by Gasteiger charge is 1.95. The fourth-order valence-electron chi connectivity index (χ4n) is 1.10. The fraction of sp³-hybridized carbons (Fsp3) is 0.750. The molecule has 0 aromatic heterocycles. The first-order valence-electron chi connectivity index (χ1n) is 6.06. The van der Waals surface area contributed by atoms with Gasteiger partial charge in [0, 0.05) is 31.1 Å². The molecule has 0 aromatic carbocycles. The summed E-state index contributed by atoms with van der Waals surface area (Å²) >= 11 is 1.88. The molecule has 0 aliphatic carbocycles. The molecule has 0 atom stereocenters. The van der Waals surface area contributed by atoms with Gasteiger partial charge in [-0.3, -0.25) is 4.99 Å². The topological polar surface area (TPSA) is 36.4 Å². The molecule has 16 heavy (non-hydrogen) atoms. The molecule has 0 spiro atoms. The van der Waals surface area contributed by atoms with Gasteiger partial charge in [0.15, 0.2) is 5.96 Å². The Morgan fingerprint density at radius 2 is 2.19 bits per heavy atom. The van der Waals surface area contributed by atoms with Crippen molar-refractivity contribution in [3.63, 3.8) is 0 Å². The number of aliphatic imine (C=N–C) groups is 1. The van der Waals surface area contributed by atoms with Crippen LogP contribution >= 0.6 is 11.8 Å². The molecule has 0 fully saturated rings. The second-order valence-electron chi connectivity index (χ2n) is 3.40. The largest absolute Gasteiger partial charge is 0.357 e. The summed E-state index contributed by atoms with van der Waals surface area (Å²) in [7, 11) is 0. The number of nitrogens with one attached hydrogen (secondary N) is 2. The predicted octanol–water partition coefficient (Wildman–Crippen LogP) is 2.26. The van der Waals surface area contributed by atoms with Gasteiger partial charge >= 0.3 is 0 Å². The molecule has 0 bridgehead atoms. The van der Waals surface area contributed by atoms with Crippen molar-refractivity contribution in [2.45, 2.75) is 26.7 Å². The minimum atomic E-state index is 0.908. The first kappa shape index (κ1) is 15.4. The van der Waals surface area contributed by atoms with Gasteiger partial charge in [0.2, 0.25) is 0 Å². The first-order chi connectivity index (χ1) is 7.85. The molecule has 94 valence electrons. The Bertz CT molecular complexity index is 193. The zero-order chi connectivity index (χ0) is 12.1. The lowest BCUT2D eigenvalue weighted by molar-refractivity contribution is 0.781. The molecular weight excluding hydrogens is 218 g/mol. The Labute approximate surface area is 104 Å². The van der Waals surface area contributed by atoms with E-state index in [1.54, 1.807) is 0 Å². The van der Waals surface area contributed by atoms with Gasteiger partial charge in [0.05, 0.1) is 0 Å². The number of rotatable bonds is 9. The van der Waals surface area contributed by atoms with Crippen molar-refractivity contribution >= 4 is 17.7 Å². The highest BCUT2D eigenvalue weighted by molar-refractivity contribution is 7.99. The standard InChI is InChI=1S/C12H25N3S/c1-4-7-8-14-12(13-6-3)15-9-11-16-10-5-2/h5H,2,4,6-11H2,1,3H3,(H2,13,14,15). The molecule has 2 N–H and O–H groups in total. The summed E-state index contributed by atoms with van der Waals surface area (Å²) in [5.41, 5.74) is 0. The summed E-state index contributed by atoms with van der Waals surface area (Å²) in [4.78, 5) is 4.49. The third-order valence-corrected chi connectivity index (χ3v) is 2.86. The van der Waals surface area contributed by atoms with E-state index in [0.29, 0.717) is 0 Å². The van der Waals surface area contributed by atoms with Crippen LogP contribution in [0.2, 0.25) is 0 Å². The highest BCUT2D eigenvalue weighted by Crippen LogP contribution is 1.96. The lowest BCUT2D eigenvalue weighted by atomic mass is 10.3. The van der Waals surface area contributed by atoms with E-state index in [9.17, 15) is 0 Å². The van der Waals surface area contributed by atoms with Crippen molar-refractivity contribution in [3.8, 4) is 0 Å². The first-order valence-corrected chi connectivity index (χ1v) is 7.21. The summed E-state index contributed by atoms with van der Waals surface area (Å²) in [6.45, 7) is 10.7. The molecule has 0 aliphatic rings. The van der Waals surface area contributed by atoms with Crippen molar-refractivity contribution in [2.75, 3.05) is 31.1 Å². The predicted molar refractivity (Wildman–Crippen MR) is 76.4 cm³/mol. The van der Waals surface area contributed by atoms with Gasteiger partial charge in [-0.2, -0.15) is 11.8 Å². The van der Waals surface area contributed by atoms with Crippen LogP contribution in [0.4, 0.5) is 0 Å². The molecule has 0 saturated heterocycles. The van der Waals surface area contributed by atoms with E-state index in [0.717, 1.165) is 43.5 Å². The zero-order valence-corrected chi connectivity index (χ0v) is 11.4. The van der Waals surface area contributed by atoms with Crippen LogP contribution in [0, 0.1) is 0 Å². The molecule has 0 unspecified atom stereocenters. The lowest BCUT2D eigenvalue weighted by Gasteiger charge is -2.10. The average molecular weight is 243 g/mol. The van der Waals surface area contributed by atoms with Gasteiger partial charge < -0.3 is 10.6 Å². The fourth-order valence-corrected chi connectivity index (χ4v) is 1.68. The van der Waals surface area contributed by atoms with Crippen LogP contribution in [0.25, 0.3) is 0 Å². The third kappa shape index (κ3) is 9.90. The van der Waals surface area contributed by atoms with E-state index in [-0.39, 0.29) is 0 Å². The second-order valence-corrected chi connectivity index (χ2v) is 4.55. The van der Waals surface area contributed by atoms with Crippen LogP contribution in [0.3, 0.4) is 0 Å². The van der Waals surface area contributed by atoms with E-state index in [4.69, 9.17) is 0 Å². The maximum Gasteiger partial charge on any atom is 0.191 e. The van der Waals surface area contributed by atoms with Crippen LogP contribution in [-0.2, 0) is 0 Å². The number of hydrogen-bond donors (Lipinski definition) is 2. The van der Waals surface area contributed by atoms with Gasteiger partial charge in [-0.15, -0.1) is 6.58 Å². The van der Waals surface area contributed by atoms with Crippen LogP contribution in [0.5, 0.6) is 0 Å². The van der Waals surface area contributed by atoms with E-state index in [2.05, 4.69) is 36.1 Å². The summed E-state index contributed by atoms with van der Waals surface area (Å²) in [5.74, 6) is 3.05. The van der Waals surface area contributed by atoms with Crippen LogP contribution < -0.4 is 10.6 Å². The van der Waals surface area contributed by atoms with E-state index >= 15 is 0 Å². The Hall–Kier alpha value is -0.640. The van der Waals surface area contributed by atoms with E-state index in [1.807, 2.05) is 17.8 Å². The molecule has 0 amide bonds.